The van der Waals surface area contributed by atoms with Crippen LogP contribution in [0.25, 0.3) is 56.4 Å². The van der Waals surface area contributed by atoms with Gasteiger partial charge in [0.05, 0.1) is 10.7 Å². The molecule has 0 amide bonds. The molecular formula is C33H21ClN4. The van der Waals surface area contributed by atoms with Gasteiger partial charge in [-0.1, -0.05) is 109 Å². The highest BCUT2D eigenvalue weighted by Crippen LogP contribution is 2.47. The van der Waals surface area contributed by atoms with Gasteiger partial charge in [0.15, 0.2) is 17.5 Å². The molecule has 1 aliphatic rings. The van der Waals surface area contributed by atoms with E-state index in [1.54, 1.807) is 0 Å². The maximum absolute atomic E-state index is 6.64. The summed E-state index contributed by atoms with van der Waals surface area (Å²) >= 11 is 6.64. The van der Waals surface area contributed by atoms with Gasteiger partial charge >= 0.3 is 0 Å². The minimum absolute atomic E-state index is 0.623. The largest absolute Gasteiger partial charge is 0.353 e. The van der Waals surface area contributed by atoms with Crippen molar-refractivity contribution in [2.45, 2.75) is 0 Å². The molecule has 0 radical (unpaired) electrons. The zero-order chi connectivity index (χ0) is 25.5. The summed E-state index contributed by atoms with van der Waals surface area (Å²) in [5.74, 6) is 1.90. The highest BCUT2D eigenvalue weighted by molar-refractivity contribution is 6.34. The first-order chi connectivity index (χ1) is 18.7. The van der Waals surface area contributed by atoms with Gasteiger partial charge in [-0.2, -0.15) is 0 Å². The fourth-order valence-corrected chi connectivity index (χ4v) is 5.14. The first-order valence-electron chi connectivity index (χ1n) is 12.4. The van der Waals surface area contributed by atoms with Crippen LogP contribution in [0, 0.1) is 0 Å². The van der Waals surface area contributed by atoms with E-state index in [-0.39, 0.29) is 0 Å². The predicted octanol–water partition coefficient (Wildman–Crippen LogP) is 8.92. The van der Waals surface area contributed by atoms with Gasteiger partial charge in [0.2, 0.25) is 0 Å². The molecule has 7 rings (SSSR count). The van der Waals surface area contributed by atoms with Crippen LogP contribution in [0.4, 0.5) is 11.4 Å². The van der Waals surface area contributed by atoms with Crippen LogP contribution in [0.1, 0.15) is 0 Å². The Kier molecular flexibility index (Phi) is 5.46. The second kappa shape index (κ2) is 9.25. The Morgan fingerprint density at radius 2 is 0.974 bits per heavy atom. The molecule has 6 aromatic rings. The van der Waals surface area contributed by atoms with Crippen molar-refractivity contribution in [1.29, 1.82) is 0 Å². The van der Waals surface area contributed by atoms with Crippen molar-refractivity contribution in [3.63, 3.8) is 0 Å². The number of rotatable bonds is 3. The number of halogens is 1. The summed E-state index contributed by atoms with van der Waals surface area (Å²) < 4.78 is 0. The Labute approximate surface area is 225 Å². The maximum Gasteiger partial charge on any atom is 0.164 e. The molecule has 1 N–H and O–H groups in total. The first-order valence-corrected chi connectivity index (χ1v) is 12.8. The summed E-state index contributed by atoms with van der Waals surface area (Å²) in [5.41, 5.74) is 9.07. The molecule has 4 nitrogen and oxygen atoms in total. The topological polar surface area (TPSA) is 50.7 Å². The number of nitrogens with one attached hydrogen (secondary N) is 1. The van der Waals surface area contributed by atoms with Crippen LogP contribution < -0.4 is 5.32 Å². The van der Waals surface area contributed by atoms with E-state index in [9.17, 15) is 0 Å². The molecule has 0 bridgehead atoms. The number of nitrogens with zero attached hydrogens (tertiary/aromatic N) is 3. The fraction of sp³-hybridized carbons (Fsp3) is 0. The summed E-state index contributed by atoms with van der Waals surface area (Å²) in [6.45, 7) is 0. The van der Waals surface area contributed by atoms with Crippen molar-refractivity contribution < 1.29 is 0 Å². The number of fused-ring (bicyclic) bond motifs is 5. The maximum atomic E-state index is 6.64. The first kappa shape index (κ1) is 22.4. The van der Waals surface area contributed by atoms with Crippen LogP contribution in [-0.4, -0.2) is 15.0 Å². The van der Waals surface area contributed by atoms with E-state index in [1.807, 2.05) is 72.8 Å². The molecule has 2 heterocycles. The molecule has 38 heavy (non-hydrogen) atoms. The van der Waals surface area contributed by atoms with Crippen LogP contribution >= 0.6 is 11.6 Å². The fourth-order valence-electron chi connectivity index (χ4n) is 4.92. The van der Waals surface area contributed by atoms with E-state index in [4.69, 9.17) is 26.6 Å². The molecule has 0 atom stereocenters. The second-order valence-electron chi connectivity index (χ2n) is 9.13. The quantitative estimate of drug-likeness (QED) is 0.259. The molecule has 0 saturated carbocycles. The summed E-state index contributed by atoms with van der Waals surface area (Å²) in [5, 5.41) is 4.27. The molecule has 1 aromatic heterocycles. The molecule has 5 heteroatoms. The number of benzene rings is 5. The summed E-state index contributed by atoms with van der Waals surface area (Å²) in [4.78, 5) is 14.7. The molecule has 5 aromatic carbocycles. The summed E-state index contributed by atoms with van der Waals surface area (Å²) in [6, 6.07) is 40.7. The monoisotopic (exact) mass is 508 g/mol. The Hall–Kier alpha value is -4.80. The lowest BCUT2D eigenvalue weighted by Crippen LogP contribution is -2.00. The lowest BCUT2D eigenvalue weighted by molar-refractivity contribution is 1.07. The van der Waals surface area contributed by atoms with E-state index in [0.29, 0.717) is 22.5 Å². The zero-order valence-corrected chi connectivity index (χ0v) is 21.0. The minimum atomic E-state index is 0.623. The number of hydrogen-bond acceptors (Lipinski definition) is 4. The number of anilines is 2. The van der Waals surface area contributed by atoms with Crippen molar-refractivity contribution >= 4 is 23.0 Å². The highest BCUT2D eigenvalue weighted by Gasteiger charge is 2.21. The van der Waals surface area contributed by atoms with Gasteiger partial charge in [-0.05, 0) is 35.4 Å². The Morgan fingerprint density at radius 1 is 0.447 bits per heavy atom. The third kappa shape index (κ3) is 3.92. The van der Waals surface area contributed by atoms with Gasteiger partial charge in [-0.3, -0.25) is 0 Å². The molecule has 0 saturated heterocycles. The van der Waals surface area contributed by atoms with Crippen LogP contribution in [0.2, 0.25) is 5.02 Å². The van der Waals surface area contributed by atoms with Crippen molar-refractivity contribution in [2.24, 2.45) is 0 Å². The third-order valence-electron chi connectivity index (χ3n) is 6.76. The normalized spacial score (nSPS) is 11.5. The Morgan fingerprint density at radius 3 is 1.61 bits per heavy atom. The average molecular weight is 509 g/mol. The second-order valence-corrected chi connectivity index (χ2v) is 9.54. The van der Waals surface area contributed by atoms with Gasteiger partial charge in [0.25, 0.3) is 0 Å². The smallest absolute Gasteiger partial charge is 0.164 e. The van der Waals surface area contributed by atoms with Gasteiger partial charge in [0, 0.05) is 33.5 Å². The highest BCUT2D eigenvalue weighted by atomic mass is 35.5. The van der Waals surface area contributed by atoms with Crippen molar-refractivity contribution in [2.75, 3.05) is 5.32 Å². The Balaban J connectivity index is 1.43. The van der Waals surface area contributed by atoms with E-state index in [0.717, 1.165) is 50.3 Å². The van der Waals surface area contributed by atoms with Crippen LogP contribution in [0.15, 0.2) is 121 Å². The molecule has 0 aliphatic carbocycles. The van der Waals surface area contributed by atoms with E-state index < -0.39 is 0 Å². The van der Waals surface area contributed by atoms with Crippen molar-refractivity contribution in [3.05, 3.63) is 126 Å². The molecule has 1 aliphatic heterocycles. The standard InChI is InChI=1S/C33H21ClN4/c34-28-17-9-16-26-24-14-7-8-15-25(24)27-20-23(18-19-29(27)35-30(26)28)33-37-31(21-10-3-1-4-11-21)36-32(38-33)22-12-5-2-6-13-22/h1-20,35H. The van der Waals surface area contributed by atoms with Crippen LogP contribution in [0.5, 0.6) is 0 Å². The van der Waals surface area contributed by atoms with Gasteiger partial charge in [-0.15, -0.1) is 0 Å². The van der Waals surface area contributed by atoms with Gasteiger partial charge in [0.1, 0.15) is 0 Å². The average Bonchev–Trinajstić information content (AvgIpc) is 3.13. The predicted molar refractivity (Wildman–Crippen MR) is 155 cm³/mol. The van der Waals surface area contributed by atoms with Gasteiger partial charge < -0.3 is 5.32 Å². The van der Waals surface area contributed by atoms with E-state index in [2.05, 4.69) is 53.8 Å². The summed E-state index contributed by atoms with van der Waals surface area (Å²) in [7, 11) is 0. The van der Waals surface area contributed by atoms with E-state index in [1.165, 1.54) is 0 Å². The number of aromatic nitrogens is 3. The van der Waals surface area contributed by atoms with E-state index >= 15 is 0 Å². The molecule has 180 valence electrons. The minimum Gasteiger partial charge on any atom is -0.353 e. The SMILES string of the molecule is Clc1cccc2c1Nc1ccc(-c3nc(-c4ccccc4)nc(-c4ccccc4)n3)cc1-c1ccccc1-2. The van der Waals surface area contributed by atoms with Crippen LogP contribution in [-0.2, 0) is 0 Å². The number of hydrogen-bond donors (Lipinski definition) is 1. The van der Waals surface area contributed by atoms with Crippen molar-refractivity contribution in [3.8, 4) is 56.4 Å². The Bertz CT molecular complexity index is 1740. The van der Waals surface area contributed by atoms with Gasteiger partial charge in [-0.25, -0.2) is 15.0 Å². The number of para-hydroxylation sites is 1. The zero-order valence-electron chi connectivity index (χ0n) is 20.3. The molecular weight excluding hydrogens is 488 g/mol. The van der Waals surface area contributed by atoms with Crippen molar-refractivity contribution in [1.82, 2.24) is 15.0 Å². The third-order valence-corrected chi connectivity index (χ3v) is 7.07. The lowest BCUT2D eigenvalue weighted by atomic mass is 9.93. The van der Waals surface area contributed by atoms with Crippen LogP contribution in [0.3, 0.4) is 0 Å². The molecule has 0 fully saturated rings. The summed E-state index contributed by atoms with van der Waals surface area (Å²) in [6.07, 6.45) is 0. The molecule has 0 unspecified atom stereocenters. The molecule has 0 spiro atoms. The lowest BCUT2D eigenvalue weighted by Gasteiger charge is -2.13.